The van der Waals surface area contributed by atoms with Gasteiger partial charge in [-0.25, -0.2) is 0 Å². The number of hydrogen-bond acceptors (Lipinski definition) is 5. The zero-order chi connectivity index (χ0) is 14.7. The minimum atomic E-state index is -0.0628. The maximum atomic E-state index is 12.0. The van der Waals surface area contributed by atoms with Crippen LogP contribution in [0, 0.1) is 0 Å². The van der Waals surface area contributed by atoms with Gasteiger partial charge in [0.25, 0.3) is 10.8 Å². The molecule has 0 saturated heterocycles. The zero-order valence-electron chi connectivity index (χ0n) is 11.4. The minimum absolute atomic E-state index is 0.0628. The molecule has 0 unspecified atom stereocenters. The Morgan fingerprint density at radius 2 is 1.95 bits per heavy atom. The molecule has 0 saturated carbocycles. The highest BCUT2D eigenvalue weighted by atomic mass is 32.2. The van der Waals surface area contributed by atoms with Crippen molar-refractivity contribution in [2.75, 3.05) is 6.26 Å². The van der Waals surface area contributed by atoms with Crippen LogP contribution in [0.3, 0.4) is 0 Å². The number of aromatic nitrogens is 3. The minimum Gasteiger partial charge on any atom is -0.411 e. The summed E-state index contributed by atoms with van der Waals surface area (Å²) in [6.45, 7) is 0.511. The van der Waals surface area contributed by atoms with Crippen LogP contribution in [-0.2, 0) is 6.54 Å². The molecule has 0 aliphatic rings. The molecular formula is C15H13N3O2S. The van der Waals surface area contributed by atoms with Crippen LogP contribution in [0.25, 0.3) is 11.5 Å². The summed E-state index contributed by atoms with van der Waals surface area (Å²) in [6, 6.07) is 13.0. The van der Waals surface area contributed by atoms with E-state index in [2.05, 4.69) is 10.2 Å². The quantitative estimate of drug-likeness (QED) is 0.693. The first-order valence-corrected chi connectivity index (χ1v) is 7.61. The SMILES string of the molecule is CSc1nnc(-c2ccc(=O)n(Cc3ccccc3)c2)o1. The van der Waals surface area contributed by atoms with Gasteiger partial charge in [0, 0.05) is 12.3 Å². The number of hydrogen-bond donors (Lipinski definition) is 0. The third kappa shape index (κ3) is 3.05. The molecular weight excluding hydrogens is 286 g/mol. The van der Waals surface area contributed by atoms with Gasteiger partial charge in [0.15, 0.2) is 0 Å². The van der Waals surface area contributed by atoms with Gasteiger partial charge in [-0.2, -0.15) is 0 Å². The summed E-state index contributed by atoms with van der Waals surface area (Å²) in [6.07, 6.45) is 3.61. The Balaban J connectivity index is 1.94. The standard InChI is InChI=1S/C15H13N3O2S/c1-21-15-17-16-14(20-15)12-7-8-13(19)18(10-12)9-11-5-3-2-4-6-11/h2-8,10H,9H2,1H3. The van der Waals surface area contributed by atoms with Gasteiger partial charge >= 0.3 is 0 Å². The Kier molecular flexibility index (Phi) is 3.87. The van der Waals surface area contributed by atoms with Crippen molar-refractivity contribution in [1.29, 1.82) is 0 Å². The molecule has 1 aromatic carbocycles. The van der Waals surface area contributed by atoms with Crippen LogP contribution in [0.15, 0.2) is 63.1 Å². The number of pyridine rings is 1. The van der Waals surface area contributed by atoms with E-state index >= 15 is 0 Å². The monoisotopic (exact) mass is 299 g/mol. The third-order valence-corrected chi connectivity index (χ3v) is 3.52. The topological polar surface area (TPSA) is 60.9 Å². The van der Waals surface area contributed by atoms with Gasteiger partial charge in [-0.3, -0.25) is 4.79 Å². The van der Waals surface area contributed by atoms with E-state index < -0.39 is 0 Å². The van der Waals surface area contributed by atoms with E-state index in [0.717, 1.165) is 11.1 Å². The Labute approximate surface area is 125 Å². The van der Waals surface area contributed by atoms with Crippen molar-refractivity contribution >= 4 is 11.8 Å². The first-order chi connectivity index (χ1) is 10.3. The van der Waals surface area contributed by atoms with Crippen LogP contribution in [0.1, 0.15) is 5.56 Å². The fraction of sp³-hybridized carbons (Fsp3) is 0.133. The van der Waals surface area contributed by atoms with Gasteiger partial charge in [-0.15, -0.1) is 10.2 Å². The van der Waals surface area contributed by atoms with E-state index in [1.54, 1.807) is 16.8 Å². The van der Waals surface area contributed by atoms with Crippen LogP contribution in [-0.4, -0.2) is 21.0 Å². The first-order valence-electron chi connectivity index (χ1n) is 6.38. The van der Waals surface area contributed by atoms with Crippen LogP contribution in [0.5, 0.6) is 0 Å². The van der Waals surface area contributed by atoms with Crippen LogP contribution >= 0.6 is 11.8 Å². The Hall–Kier alpha value is -2.34. The largest absolute Gasteiger partial charge is 0.411 e. The van der Waals surface area contributed by atoms with Gasteiger partial charge in [0.1, 0.15) is 0 Å². The summed E-state index contributed by atoms with van der Waals surface area (Å²) < 4.78 is 7.12. The molecule has 5 nitrogen and oxygen atoms in total. The summed E-state index contributed by atoms with van der Waals surface area (Å²) in [5.74, 6) is 0.418. The molecule has 0 radical (unpaired) electrons. The van der Waals surface area contributed by atoms with Crippen molar-refractivity contribution in [3.8, 4) is 11.5 Å². The number of nitrogens with zero attached hydrogens (tertiary/aromatic N) is 3. The number of thioether (sulfide) groups is 1. The lowest BCUT2D eigenvalue weighted by Gasteiger charge is -2.06. The molecule has 21 heavy (non-hydrogen) atoms. The molecule has 3 aromatic rings. The Morgan fingerprint density at radius 1 is 1.14 bits per heavy atom. The molecule has 0 atom stereocenters. The predicted octanol–water partition coefficient (Wildman–Crippen LogP) is 2.67. The van der Waals surface area contributed by atoms with Crippen LogP contribution < -0.4 is 5.56 Å². The summed E-state index contributed by atoms with van der Waals surface area (Å²) in [5, 5.41) is 8.39. The van der Waals surface area contributed by atoms with Crippen molar-refractivity contribution in [2.24, 2.45) is 0 Å². The average molecular weight is 299 g/mol. The molecule has 0 aliphatic carbocycles. The lowest BCUT2D eigenvalue weighted by Crippen LogP contribution is -2.19. The van der Waals surface area contributed by atoms with Gasteiger partial charge in [-0.1, -0.05) is 42.1 Å². The molecule has 0 aliphatic heterocycles. The second-order valence-corrected chi connectivity index (χ2v) is 5.20. The Morgan fingerprint density at radius 3 is 2.67 bits per heavy atom. The average Bonchev–Trinajstić information content (AvgIpc) is 2.99. The van der Waals surface area contributed by atoms with Crippen molar-refractivity contribution in [2.45, 2.75) is 11.8 Å². The summed E-state index contributed by atoms with van der Waals surface area (Å²) in [5.41, 5.74) is 1.73. The van der Waals surface area contributed by atoms with Gasteiger partial charge in [0.05, 0.1) is 12.1 Å². The normalized spacial score (nSPS) is 10.7. The molecule has 2 aromatic heterocycles. The fourth-order valence-corrected chi connectivity index (χ4v) is 2.26. The maximum absolute atomic E-state index is 12.0. The van der Waals surface area contributed by atoms with Crippen molar-refractivity contribution in [1.82, 2.24) is 14.8 Å². The van der Waals surface area contributed by atoms with E-state index in [9.17, 15) is 4.79 Å². The zero-order valence-corrected chi connectivity index (χ0v) is 12.2. The molecule has 0 spiro atoms. The molecule has 0 N–H and O–H groups in total. The molecule has 6 heteroatoms. The first kappa shape index (κ1) is 13.6. The number of rotatable bonds is 4. The van der Waals surface area contributed by atoms with E-state index in [0.29, 0.717) is 17.7 Å². The highest BCUT2D eigenvalue weighted by molar-refractivity contribution is 7.98. The highest BCUT2D eigenvalue weighted by Crippen LogP contribution is 2.20. The number of benzene rings is 1. The van der Waals surface area contributed by atoms with Gasteiger partial charge in [-0.05, 0) is 17.9 Å². The molecule has 2 heterocycles. The maximum Gasteiger partial charge on any atom is 0.276 e. The van der Waals surface area contributed by atoms with E-state index in [1.165, 1.54) is 17.8 Å². The smallest absolute Gasteiger partial charge is 0.276 e. The van der Waals surface area contributed by atoms with Crippen molar-refractivity contribution in [3.05, 3.63) is 64.6 Å². The lowest BCUT2D eigenvalue weighted by atomic mass is 10.2. The molecule has 106 valence electrons. The summed E-state index contributed by atoms with van der Waals surface area (Å²) >= 11 is 1.39. The lowest BCUT2D eigenvalue weighted by molar-refractivity contribution is 0.466. The molecule has 0 fully saturated rings. The molecule has 0 amide bonds. The van der Waals surface area contributed by atoms with Gasteiger partial charge < -0.3 is 8.98 Å². The van der Waals surface area contributed by atoms with Gasteiger partial charge in [0.2, 0.25) is 5.89 Å². The fourth-order valence-electron chi connectivity index (χ4n) is 1.97. The summed E-state index contributed by atoms with van der Waals surface area (Å²) in [7, 11) is 0. The third-order valence-electron chi connectivity index (χ3n) is 3.01. The second kappa shape index (κ2) is 5.97. The van der Waals surface area contributed by atoms with Crippen LogP contribution in [0.2, 0.25) is 0 Å². The Bertz CT molecular complexity index is 796. The van der Waals surface area contributed by atoms with Crippen molar-refractivity contribution < 1.29 is 4.42 Å². The summed E-state index contributed by atoms with van der Waals surface area (Å²) in [4.78, 5) is 12.0. The van der Waals surface area contributed by atoms with Crippen LogP contribution in [0.4, 0.5) is 0 Å². The predicted molar refractivity (Wildman–Crippen MR) is 81.3 cm³/mol. The van der Waals surface area contributed by atoms with E-state index in [-0.39, 0.29) is 5.56 Å². The molecule has 3 rings (SSSR count). The van der Waals surface area contributed by atoms with E-state index in [1.807, 2.05) is 36.6 Å². The second-order valence-electron chi connectivity index (χ2n) is 4.45. The van der Waals surface area contributed by atoms with Crippen molar-refractivity contribution in [3.63, 3.8) is 0 Å². The highest BCUT2D eigenvalue weighted by Gasteiger charge is 2.09. The van der Waals surface area contributed by atoms with E-state index in [4.69, 9.17) is 4.42 Å². The molecule has 0 bridgehead atoms.